The molecule has 1 amide bonds. The summed E-state index contributed by atoms with van der Waals surface area (Å²) in [5.41, 5.74) is -3.30. The minimum absolute atomic E-state index is 0.0108. The Morgan fingerprint density at radius 1 is 1.60 bits per heavy atom. The van der Waals surface area contributed by atoms with E-state index in [0.29, 0.717) is 0 Å². The Balaban J connectivity index is 2.23. The van der Waals surface area contributed by atoms with Crippen molar-refractivity contribution in [2.45, 2.75) is 31.8 Å². The number of rotatable bonds is 2. The minimum atomic E-state index is -5.01. The molecule has 1 aliphatic heterocycles. The zero-order chi connectivity index (χ0) is 15.1. The lowest BCUT2D eigenvalue weighted by atomic mass is 10.1. The normalized spacial score (nSPS) is 23.1. The smallest absolute Gasteiger partial charge is 0.362 e. The molecule has 10 heteroatoms. The van der Waals surface area contributed by atoms with Crippen LogP contribution in [0, 0.1) is 0 Å². The lowest BCUT2D eigenvalue weighted by Crippen LogP contribution is -2.57. The van der Waals surface area contributed by atoms with E-state index in [2.05, 4.69) is 10.2 Å². The van der Waals surface area contributed by atoms with Gasteiger partial charge >= 0.3 is 6.18 Å². The van der Waals surface area contributed by atoms with Gasteiger partial charge < -0.3 is 5.11 Å². The second-order valence-electron chi connectivity index (χ2n) is 4.39. The summed E-state index contributed by atoms with van der Waals surface area (Å²) in [7, 11) is 0. The van der Waals surface area contributed by atoms with Crippen molar-refractivity contribution in [3.8, 4) is 0 Å². The third-order valence-electron chi connectivity index (χ3n) is 2.71. The first-order chi connectivity index (χ1) is 9.13. The van der Waals surface area contributed by atoms with Crippen molar-refractivity contribution in [2.75, 3.05) is 0 Å². The lowest BCUT2D eigenvalue weighted by Gasteiger charge is -2.32. The Morgan fingerprint density at radius 3 is 2.75 bits per heavy atom. The average molecular weight is 311 g/mol. The quantitative estimate of drug-likeness (QED) is 0.897. The molecule has 0 fully saturated rings. The van der Waals surface area contributed by atoms with Gasteiger partial charge in [-0.05, 0) is 6.92 Å². The van der Waals surface area contributed by atoms with Crippen LogP contribution in [0.3, 0.4) is 0 Å². The van der Waals surface area contributed by atoms with Crippen molar-refractivity contribution in [1.82, 2.24) is 14.8 Å². The highest BCUT2D eigenvalue weighted by Crippen LogP contribution is 2.40. The maximum absolute atomic E-state index is 12.9. The summed E-state index contributed by atoms with van der Waals surface area (Å²) >= 11 is 5.59. The van der Waals surface area contributed by atoms with Crippen LogP contribution in [0.25, 0.3) is 0 Å². The van der Waals surface area contributed by atoms with Gasteiger partial charge in [0.05, 0.1) is 11.2 Å². The molecule has 2 heterocycles. The molecule has 1 aromatic rings. The van der Waals surface area contributed by atoms with E-state index in [0.717, 1.165) is 4.68 Å². The fraction of sp³-hybridized carbons (Fsp3) is 0.500. The van der Waals surface area contributed by atoms with Gasteiger partial charge in [0.15, 0.2) is 0 Å². The third-order valence-corrected chi connectivity index (χ3v) is 2.91. The van der Waals surface area contributed by atoms with Crippen LogP contribution in [0.5, 0.6) is 0 Å². The molecule has 1 aromatic heterocycles. The van der Waals surface area contributed by atoms with Crippen molar-refractivity contribution in [3.05, 3.63) is 17.4 Å². The van der Waals surface area contributed by atoms with Gasteiger partial charge in [-0.3, -0.25) is 9.48 Å². The van der Waals surface area contributed by atoms with Crippen molar-refractivity contribution in [2.24, 2.45) is 5.10 Å². The molecule has 0 bridgehead atoms. The number of aromatic nitrogens is 2. The molecule has 1 atom stereocenters. The Bertz CT molecular complexity index is 571. The van der Waals surface area contributed by atoms with Gasteiger partial charge in [0.2, 0.25) is 0 Å². The molecule has 1 aliphatic rings. The number of carbonyl (C=O) groups is 1. The first-order valence-electron chi connectivity index (χ1n) is 5.48. The second-order valence-corrected chi connectivity index (χ2v) is 4.82. The SMILES string of the molecule is CC1=NN(C(=O)Cn2cc(Cl)cn2)C(O)(C(F)(F)F)C1. The van der Waals surface area contributed by atoms with Crippen molar-refractivity contribution in [3.63, 3.8) is 0 Å². The maximum atomic E-state index is 12.9. The summed E-state index contributed by atoms with van der Waals surface area (Å²) in [6, 6.07) is 0. The van der Waals surface area contributed by atoms with E-state index in [1.807, 2.05) is 0 Å². The molecule has 20 heavy (non-hydrogen) atoms. The number of hydrazone groups is 1. The molecular weight excluding hydrogens is 301 g/mol. The first-order valence-corrected chi connectivity index (χ1v) is 5.85. The summed E-state index contributed by atoms with van der Waals surface area (Å²) in [5.74, 6) is -1.04. The van der Waals surface area contributed by atoms with Crippen LogP contribution in [0.4, 0.5) is 13.2 Å². The first kappa shape index (κ1) is 14.8. The zero-order valence-electron chi connectivity index (χ0n) is 10.2. The van der Waals surface area contributed by atoms with E-state index >= 15 is 0 Å². The predicted molar refractivity (Wildman–Crippen MR) is 62.8 cm³/mol. The predicted octanol–water partition coefficient (Wildman–Crippen LogP) is 1.40. The molecule has 6 nitrogen and oxygen atoms in total. The van der Waals surface area contributed by atoms with Crippen LogP contribution < -0.4 is 0 Å². The monoisotopic (exact) mass is 310 g/mol. The Kier molecular flexibility index (Phi) is 3.51. The van der Waals surface area contributed by atoms with Gasteiger partial charge in [-0.2, -0.15) is 28.4 Å². The van der Waals surface area contributed by atoms with E-state index in [1.54, 1.807) is 0 Å². The van der Waals surface area contributed by atoms with Crippen LogP contribution in [-0.2, 0) is 11.3 Å². The second kappa shape index (κ2) is 4.74. The van der Waals surface area contributed by atoms with E-state index in [1.165, 1.54) is 19.3 Å². The number of alkyl halides is 3. The topological polar surface area (TPSA) is 70.7 Å². The van der Waals surface area contributed by atoms with Gasteiger partial charge in [-0.25, -0.2) is 0 Å². The summed E-state index contributed by atoms with van der Waals surface area (Å²) in [4.78, 5) is 11.9. The number of nitrogens with zero attached hydrogens (tertiary/aromatic N) is 4. The molecule has 0 aliphatic carbocycles. The van der Waals surface area contributed by atoms with E-state index in [-0.39, 0.29) is 15.7 Å². The molecule has 0 radical (unpaired) electrons. The third kappa shape index (κ3) is 2.50. The van der Waals surface area contributed by atoms with Crippen molar-refractivity contribution in [1.29, 1.82) is 0 Å². The summed E-state index contributed by atoms with van der Waals surface area (Å²) in [5, 5.41) is 17.2. The molecule has 0 aromatic carbocycles. The summed E-state index contributed by atoms with van der Waals surface area (Å²) < 4.78 is 39.8. The average Bonchev–Trinajstić information content (AvgIpc) is 2.82. The molecule has 110 valence electrons. The largest absolute Gasteiger partial charge is 0.438 e. The fourth-order valence-electron chi connectivity index (χ4n) is 1.83. The Labute approximate surface area is 116 Å². The van der Waals surface area contributed by atoms with Crippen LogP contribution in [0.15, 0.2) is 17.5 Å². The maximum Gasteiger partial charge on any atom is 0.438 e. The van der Waals surface area contributed by atoms with Gasteiger partial charge in [-0.1, -0.05) is 11.6 Å². The number of hydrogen-bond donors (Lipinski definition) is 1. The molecule has 0 saturated carbocycles. The van der Waals surface area contributed by atoms with E-state index in [4.69, 9.17) is 11.6 Å². The number of carbonyl (C=O) groups excluding carboxylic acids is 1. The van der Waals surface area contributed by atoms with Crippen LogP contribution >= 0.6 is 11.6 Å². The van der Waals surface area contributed by atoms with Gasteiger partial charge in [0.1, 0.15) is 6.54 Å². The lowest BCUT2D eigenvalue weighted by molar-refractivity contribution is -0.302. The number of hydrogen-bond acceptors (Lipinski definition) is 4. The Morgan fingerprint density at radius 2 is 2.25 bits per heavy atom. The number of aliphatic hydroxyl groups is 1. The summed E-state index contributed by atoms with van der Waals surface area (Å²) in [6.45, 7) is 0.788. The van der Waals surface area contributed by atoms with Crippen LogP contribution in [0.2, 0.25) is 5.02 Å². The molecule has 2 rings (SSSR count). The zero-order valence-corrected chi connectivity index (χ0v) is 11.0. The van der Waals surface area contributed by atoms with E-state index < -0.39 is 30.8 Å². The van der Waals surface area contributed by atoms with Crippen molar-refractivity contribution >= 4 is 23.2 Å². The van der Waals surface area contributed by atoms with Gasteiger partial charge in [-0.15, -0.1) is 0 Å². The Hall–Kier alpha value is -1.61. The molecular formula is C10H10ClF3N4O2. The molecule has 1 unspecified atom stereocenters. The molecule has 0 saturated heterocycles. The highest BCUT2D eigenvalue weighted by molar-refractivity contribution is 6.30. The van der Waals surface area contributed by atoms with Crippen LogP contribution in [0.1, 0.15) is 13.3 Å². The van der Waals surface area contributed by atoms with Crippen LogP contribution in [-0.4, -0.2) is 43.4 Å². The fourth-order valence-corrected chi connectivity index (χ4v) is 1.99. The molecule has 0 spiro atoms. The number of halogens is 4. The van der Waals surface area contributed by atoms with Gasteiger partial charge in [0, 0.05) is 18.3 Å². The minimum Gasteiger partial charge on any atom is -0.362 e. The molecule has 1 N–H and O–H groups in total. The highest BCUT2D eigenvalue weighted by atomic mass is 35.5. The standard InChI is InChI=1S/C10H10ClF3N4O2/c1-6-2-9(20,10(12,13)14)18(16-6)8(19)5-17-4-7(11)3-15-17/h3-4,20H,2,5H2,1H3. The highest BCUT2D eigenvalue weighted by Gasteiger charge is 2.62. The summed E-state index contributed by atoms with van der Waals surface area (Å²) in [6.07, 6.45) is -3.27. The van der Waals surface area contributed by atoms with Gasteiger partial charge in [0.25, 0.3) is 11.6 Å². The van der Waals surface area contributed by atoms with Crippen molar-refractivity contribution < 1.29 is 23.1 Å². The van der Waals surface area contributed by atoms with E-state index in [9.17, 15) is 23.1 Å². The number of amides is 1.